The SMILES string of the molecule is NC(=O)c1cc(O)c2c(c1)C(CCC=O)c1cccc(O)c1C2CCC=O. The molecule has 2 aromatic rings. The number of amides is 1. The molecule has 2 aromatic carbocycles. The first-order chi connectivity index (χ1) is 13.0. The van der Waals surface area contributed by atoms with E-state index >= 15 is 0 Å². The Hall–Kier alpha value is -3.15. The first kappa shape index (κ1) is 18.6. The van der Waals surface area contributed by atoms with Crippen molar-refractivity contribution < 1.29 is 24.6 Å². The number of fused-ring (bicyclic) bond motifs is 2. The van der Waals surface area contributed by atoms with Gasteiger partial charge in [-0.2, -0.15) is 0 Å². The minimum atomic E-state index is -0.659. The Balaban J connectivity index is 2.28. The van der Waals surface area contributed by atoms with Crippen molar-refractivity contribution in [1.29, 1.82) is 0 Å². The maximum atomic E-state index is 11.7. The van der Waals surface area contributed by atoms with Gasteiger partial charge in [0.15, 0.2) is 0 Å². The van der Waals surface area contributed by atoms with Crippen LogP contribution in [0.5, 0.6) is 11.5 Å². The summed E-state index contributed by atoms with van der Waals surface area (Å²) >= 11 is 0. The quantitative estimate of drug-likeness (QED) is 0.650. The predicted octanol–water partition coefficient (Wildman–Crippen LogP) is 2.73. The molecule has 2 atom stereocenters. The first-order valence-electron chi connectivity index (χ1n) is 8.85. The number of nitrogens with two attached hydrogens (primary N) is 1. The number of benzene rings is 2. The molecule has 4 N–H and O–H groups in total. The van der Waals surface area contributed by atoms with Crippen molar-refractivity contribution in [2.45, 2.75) is 37.5 Å². The van der Waals surface area contributed by atoms with Crippen molar-refractivity contribution in [2.24, 2.45) is 5.73 Å². The van der Waals surface area contributed by atoms with Gasteiger partial charge in [0.05, 0.1) is 0 Å². The Labute approximate surface area is 156 Å². The molecule has 0 bridgehead atoms. The third-order valence-electron chi connectivity index (χ3n) is 5.19. The standard InChI is InChI=1S/C21H21NO5/c22-21(27)12-10-16-13(5-2-8-23)14-4-1-7-17(25)19(14)15(6-3-9-24)20(16)18(26)11-12/h1,4,7-11,13,15,25-26H,2-3,5-6H2,(H2,22,27). The smallest absolute Gasteiger partial charge is 0.248 e. The maximum Gasteiger partial charge on any atom is 0.248 e. The van der Waals surface area contributed by atoms with E-state index in [1.807, 2.05) is 6.07 Å². The average Bonchev–Trinajstić information content (AvgIpc) is 2.64. The summed E-state index contributed by atoms with van der Waals surface area (Å²) in [7, 11) is 0. The van der Waals surface area contributed by atoms with Crippen molar-refractivity contribution in [3.63, 3.8) is 0 Å². The number of hydrogen-bond donors (Lipinski definition) is 3. The Bertz CT molecular complexity index is 906. The number of carbonyl (C=O) groups is 3. The van der Waals surface area contributed by atoms with Crippen molar-refractivity contribution in [3.8, 4) is 11.5 Å². The van der Waals surface area contributed by atoms with E-state index in [1.165, 1.54) is 6.07 Å². The lowest BCUT2D eigenvalue weighted by Gasteiger charge is -2.35. The van der Waals surface area contributed by atoms with Gasteiger partial charge in [0.2, 0.25) is 5.91 Å². The van der Waals surface area contributed by atoms with Gasteiger partial charge in [0.1, 0.15) is 24.1 Å². The van der Waals surface area contributed by atoms with Crippen LogP contribution < -0.4 is 5.73 Å². The summed E-state index contributed by atoms with van der Waals surface area (Å²) in [4.78, 5) is 33.6. The number of phenolic OH excluding ortho intramolecular Hbond substituents is 2. The lowest BCUT2D eigenvalue weighted by Crippen LogP contribution is -2.21. The second kappa shape index (κ2) is 7.61. The van der Waals surface area contributed by atoms with E-state index in [1.54, 1.807) is 18.2 Å². The highest BCUT2D eigenvalue weighted by atomic mass is 16.3. The molecule has 0 aromatic heterocycles. The zero-order chi connectivity index (χ0) is 19.6. The topological polar surface area (TPSA) is 118 Å². The van der Waals surface area contributed by atoms with Crippen LogP contribution in [0.25, 0.3) is 0 Å². The summed E-state index contributed by atoms with van der Waals surface area (Å²) in [5, 5.41) is 21.2. The maximum absolute atomic E-state index is 11.7. The number of primary amides is 1. The molecule has 6 nitrogen and oxygen atoms in total. The van der Waals surface area contributed by atoms with Gasteiger partial charge in [0.25, 0.3) is 0 Å². The molecule has 6 heteroatoms. The van der Waals surface area contributed by atoms with Crippen molar-refractivity contribution >= 4 is 18.5 Å². The Kier molecular flexibility index (Phi) is 5.26. The lowest BCUT2D eigenvalue weighted by molar-refractivity contribution is -0.108. The van der Waals surface area contributed by atoms with Crippen LogP contribution in [-0.2, 0) is 9.59 Å². The molecule has 0 aliphatic heterocycles. The molecule has 0 spiro atoms. The highest BCUT2D eigenvalue weighted by Gasteiger charge is 2.36. The zero-order valence-corrected chi connectivity index (χ0v) is 14.7. The van der Waals surface area contributed by atoms with Crippen LogP contribution in [0.4, 0.5) is 0 Å². The predicted molar refractivity (Wildman–Crippen MR) is 99.0 cm³/mol. The van der Waals surface area contributed by atoms with E-state index in [9.17, 15) is 24.6 Å². The summed E-state index contributed by atoms with van der Waals surface area (Å²) in [5.74, 6) is -1.33. The lowest BCUT2D eigenvalue weighted by atomic mass is 9.69. The number of aromatic hydroxyl groups is 2. The fourth-order valence-electron chi connectivity index (χ4n) is 4.11. The largest absolute Gasteiger partial charge is 0.508 e. The molecule has 0 fully saturated rings. The molecule has 0 radical (unpaired) electrons. The van der Waals surface area contributed by atoms with Gasteiger partial charge >= 0.3 is 0 Å². The highest BCUT2D eigenvalue weighted by molar-refractivity contribution is 5.94. The van der Waals surface area contributed by atoms with Crippen LogP contribution in [0, 0.1) is 0 Å². The molecular weight excluding hydrogens is 346 g/mol. The average molecular weight is 367 g/mol. The van der Waals surface area contributed by atoms with Crippen molar-refractivity contribution in [3.05, 3.63) is 58.1 Å². The van der Waals surface area contributed by atoms with Crippen LogP contribution in [-0.4, -0.2) is 28.7 Å². The van der Waals surface area contributed by atoms with Crippen LogP contribution in [0.3, 0.4) is 0 Å². The Morgan fingerprint density at radius 3 is 2.19 bits per heavy atom. The van der Waals surface area contributed by atoms with Gasteiger partial charge < -0.3 is 25.5 Å². The number of aldehydes is 2. The van der Waals surface area contributed by atoms with E-state index in [0.29, 0.717) is 36.0 Å². The first-order valence-corrected chi connectivity index (χ1v) is 8.85. The number of hydrogen-bond acceptors (Lipinski definition) is 5. The second-order valence-corrected chi connectivity index (χ2v) is 6.74. The number of carbonyl (C=O) groups excluding carboxylic acids is 3. The molecule has 0 heterocycles. The summed E-state index contributed by atoms with van der Waals surface area (Å²) in [5.41, 5.74) is 8.36. The minimum absolute atomic E-state index is 0.0866. The molecule has 1 amide bonds. The molecule has 2 unspecified atom stereocenters. The van der Waals surface area contributed by atoms with E-state index in [0.717, 1.165) is 18.1 Å². The third-order valence-corrected chi connectivity index (χ3v) is 5.19. The molecular formula is C21H21NO5. The van der Waals surface area contributed by atoms with E-state index in [4.69, 9.17) is 5.73 Å². The van der Waals surface area contributed by atoms with Gasteiger partial charge in [-0.05, 0) is 42.2 Å². The molecule has 27 heavy (non-hydrogen) atoms. The molecule has 0 saturated heterocycles. The van der Waals surface area contributed by atoms with E-state index < -0.39 is 11.8 Å². The molecule has 140 valence electrons. The van der Waals surface area contributed by atoms with Gasteiger partial charge in [0, 0.05) is 41.4 Å². The summed E-state index contributed by atoms with van der Waals surface area (Å²) in [6.45, 7) is 0. The molecule has 0 saturated carbocycles. The fraction of sp³-hybridized carbons (Fsp3) is 0.286. The van der Waals surface area contributed by atoms with E-state index in [-0.39, 0.29) is 29.4 Å². The van der Waals surface area contributed by atoms with Gasteiger partial charge in [-0.3, -0.25) is 4.79 Å². The van der Waals surface area contributed by atoms with Crippen LogP contribution in [0.2, 0.25) is 0 Å². The van der Waals surface area contributed by atoms with Crippen LogP contribution in [0.15, 0.2) is 30.3 Å². The van der Waals surface area contributed by atoms with E-state index in [2.05, 4.69) is 0 Å². The zero-order valence-electron chi connectivity index (χ0n) is 14.7. The minimum Gasteiger partial charge on any atom is -0.508 e. The molecule has 3 rings (SSSR count). The summed E-state index contributed by atoms with van der Waals surface area (Å²) in [6, 6.07) is 8.13. The highest BCUT2D eigenvalue weighted by Crippen LogP contribution is 2.52. The fourth-order valence-corrected chi connectivity index (χ4v) is 4.11. The van der Waals surface area contributed by atoms with Gasteiger partial charge in [-0.1, -0.05) is 12.1 Å². The van der Waals surface area contributed by atoms with Crippen LogP contribution >= 0.6 is 0 Å². The van der Waals surface area contributed by atoms with Crippen LogP contribution in [0.1, 0.15) is 70.1 Å². The van der Waals surface area contributed by atoms with Crippen molar-refractivity contribution in [1.82, 2.24) is 0 Å². The summed E-state index contributed by atoms with van der Waals surface area (Å²) in [6.07, 6.45) is 3.04. The van der Waals surface area contributed by atoms with Crippen molar-refractivity contribution in [2.75, 3.05) is 0 Å². The summed E-state index contributed by atoms with van der Waals surface area (Å²) < 4.78 is 0. The number of phenols is 2. The third kappa shape index (κ3) is 3.30. The Morgan fingerprint density at radius 2 is 1.56 bits per heavy atom. The molecule has 1 aliphatic rings. The number of rotatable bonds is 7. The Morgan fingerprint density at radius 1 is 0.926 bits per heavy atom. The molecule has 1 aliphatic carbocycles. The second-order valence-electron chi connectivity index (χ2n) is 6.74. The monoisotopic (exact) mass is 367 g/mol. The van der Waals surface area contributed by atoms with Gasteiger partial charge in [-0.15, -0.1) is 0 Å². The normalized spacial score (nSPS) is 17.6. The van der Waals surface area contributed by atoms with Gasteiger partial charge in [-0.25, -0.2) is 0 Å².